The van der Waals surface area contributed by atoms with Crippen LogP contribution < -0.4 is 4.74 Å². The average molecular weight is 259 g/mol. The monoisotopic (exact) mass is 259 g/mol. The molecule has 0 saturated heterocycles. The zero-order chi connectivity index (χ0) is 12.5. The molecule has 0 unspecified atom stereocenters. The first-order chi connectivity index (χ1) is 8.76. The normalized spacial score (nSPS) is 11.0. The molecule has 3 aromatic heterocycles. The zero-order valence-corrected chi connectivity index (χ0v) is 11.0. The Kier molecular flexibility index (Phi) is 2.76. The van der Waals surface area contributed by atoms with Crippen LogP contribution in [0.15, 0.2) is 24.3 Å². The fourth-order valence-corrected chi connectivity index (χ4v) is 2.59. The first-order valence-corrected chi connectivity index (χ1v) is 6.64. The van der Waals surface area contributed by atoms with E-state index in [4.69, 9.17) is 4.74 Å². The highest BCUT2D eigenvalue weighted by Crippen LogP contribution is 2.27. The Morgan fingerprint density at radius 1 is 1.22 bits per heavy atom. The number of hydrogen-bond acceptors (Lipinski definition) is 4. The fraction of sp³-hybridized carbons (Fsp3) is 0.231. The molecule has 5 heteroatoms. The van der Waals surface area contributed by atoms with E-state index in [1.807, 2.05) is 19.1 Å². The first kappa shape index (κ1) is 11.2. The second-order valence-corrected chi connectivity index (χ2v) is 5.24. The van der Waals surface area contributed by atoms with Crippen LogP contribution in [-0.4, -0.2) is 21.6 Å². The number of rotatable bonds is 3. The van der Waals surface area contributed by atoms with E-state index in [-0.39, 0.29) is 0 Å². The molecular formula is C13H13N3OS. The molecule has 0 aliphatic carbocycles. The van der Waals surface area contributed by atoms with E-state index in [0.717, 1.165) is 16.2 Å². The van der Waals surface area contributed by atoms with Crippen molar-refractivity contribution in [3.05, 3.63) is 29.1 Å². The molecule has 3 heterocycles. The summed E-state index contributed by atoms with van der Waals surface area (Å²) in [5.41, 5.74) is 1.63. The van der Waals surface area contributed by atoms with Gasteiger partial charge < -0.3 is 9.72 Å². The lowest BCUT2D eigenvalue weighted by molar-refractivity contribution is 0.328. The van der Waals surface area contributed by atoms with E-state index in [1.54, 1.807) is 11.3 Å². The van der Waals surface area contributed by atoms with Gasteiger partial charge >= 0.3 is 0 Å². The first-order valence-electron chi connectivity index (χ1n) is 5.82. The molecule has 3 rings (SSSR count). The average Bonchev–Trinajstić information content (AvgIpc) is 2.94. The number of aromatic amines is 1. The van der Waals surface area contributed by atoms with Crippen molar-refractivity contribution in [2.24, 2.45) is 0 Å². The predicted octanol–water partition coefficient (Wildman–Crippen LogP) is 3.39. The van der Waals surface area contributed by atoms with Crippen molar-refractivity contribution in [3.63, 3.8) is 0 Å². The molecule has 92 valence electrons. The maximum absolute atomic E-state index is 5.37. The molecule has 4 nitrogen and oxygen atoms in total. The summed E-state index contributed by atoms with van der Waals surface area (Å²) < 4.78 is 5.37. The van der Waals surface area contributed by atoms with Crippen LogP contribution in [0.1, 0.15) is 11.8 Å². The number of imidazole rings is 1. The van der Waals surface area contributed by atoms with Gasteiger partial charge in [0.25, 0.3) is 0 Å². The SMILES string of the molecule is CCOc1ccc2[nH]c(-c3ccc(C)s3)nc2n1. The molecule has 0 aliphatic rings. The van der Waals surface area contributed by atoms with Gasteiger partial charge in [0, 0.05) is 10.9 Å². The van der Waals surface area contributed by atoms with Crippen molar-refractivity contribution in [3.8, 4) is 16.6 Å². The van der Waals surface area contributed by atoms with E-state index in [0.29, 0.717) is 18.1 Å². The van der Waals surface area contributed by atoms with Gasteiger partial charge in [-0.05, 0) is 32.0 Å². The maximum Gasteiger partial charge on any atom is 0.215 e. The topological polar surface area (TPSA) is 50.8 Å². The number of nitrogens with one attached hydrogen (secondary N) is 1. The molecule has 0 saturated carbocycles. The van der Waals surface area contributed by atoms with Crippen LogP contribution in [0, 0.1) is 6.92 Å². The number of H-pyrrole nitrogens is 1. The minimum absolute atomic E-state index is 0.611. The van der Waals surface area contributed by atoms with E-state index in [2.05, 4.69) is 34.0 Å². The number of pyridine rings is 1. The van der Waals surface area contributed by atoms with Crippen molar-refractivity contribution in [2.75, 3.05) is 6.61 Å². The third-order valence-corrected chi connectivity index (χ3v) is 3.59. The minimum Gasteiger partial charge on any atom is -0.478 e. The third-order valence-electron chi connectivity index (χ3n) is 2.59. The lowest BCUT2D eigenvalue weighted by atomic mass is 10.4. The molecule has 0 aromatic carbocycles. The fourth-order valence-electron chi connectivity index (χ4n) is 1.78. The summed E-state index contributed by atoms with van der Waals surface area (Å²) >= 11 is 1.72. The molecule has 1 N–H and O–H groups in total. The molecule has 0 radical (unpaired) electrons. The van der Waals surface area contributed by atoms with Gasteiger partial charge in [-0.15, -0.1) is 11.3 Å². The van der Waals surface area contributed by atoms with Crippen LogP contribution in [0.3, 0.4) is 0 Å². The van der Waals surface area contributed by atoms with E-state index < -0.39 is 0 Å². The van der Waals surface area contributed by atoms with Crippen molar-refractivity contribution in [2.45, 2.75) is 13.8 Å². The van der Waals surface area contributed by atoms with Crippen molar-refractivity contribution >= 4 is 22.5 Å². The largest absolute Gasteiger partial charge is 0.478 e. The van der Waals surface area contributed by atoms with Gasteiger partial charge in [0.05, 0.1) is 17.0 Å². The molecule has 0 atom stereocenters. The third kappa shape index (κ3) is 1.97. The van der Waals surface area contributed by atoms with Gasteiger partial charge in [-0.3, -0.25) is 0 Å². The second-order valence-electron chi connectivity index (χ2n) is 3.95. The van der Waals surface area contributed by atoms with Crippen LogP contribution >= 0.6 is 11.3 Å². The van der Waals surface area contributed by atoms with Gasteiger partial charge in [-0.25, -0.2) is 4.98 Å². The van der Waals surface area contributed by atoms with Crippen molar-refractivity contribution in [1.82, 2.24) is 15.0 Å². The van der Waals surface area contributed by atoms with Gasteiger partial charge in [-0.1, -0.05) is 0 Å². The second kappa shape index (κ2) is 4.42. The summed E-state index contributed by atoms with van der Waals surface area (Å²) in [5, 5.41) is 0. The van der Waals surface area contributed by atoms with Gasteiger partial charge in [-0.2, -0.15) is 4.98 Å². The summed E-state index contributed by atoms with van der Waals surface area (Å²) in [4.78, 5) is 14.5. The number of fused-ring (bicyclic) bond motifs is 1. The Hall–Kier alpha value is -1.88. The molecule has 0 fully saturated rings. The molecule has 0 amide bonds. The molecule has 18 heavy (non-hydrogen) atoms. The minimum atomic E-state index is 0.611. The Bertz CT molecular complexity index is 686. The summed E-state index contributed by atoms with van der Waals surface area (Å²) in [6.07, 6.45) is 0. The lowest BCUT2D eigenvalue weighted by Crippen LogP contribution is -1.93. The number of nitrogens with zero attached hydrogens (tertiary/aromatic N) is 2. The predicted molar refractivity (Wildman–Crippen MR) is 73.1 cm³/mol. The summed E-state index contributed by atoms with van der Waals surface area (Å²) in [7, 11) is 0. The number of ether oxygens (including phenoxy) is 1. The Labute approximate surface area is 109 Å². The van der Waals surface area contributed by atoms with Crippen LogP contribution in [0.5, 0.6) is 5.88 Å². The van der Waals surface area contributed by atoms with Gasteiger partial charge in [0.2, 0.25) is 5.88 Å². The quantitative estimate of drug-likeness (QED) is 0.784. The van der Waals surface area contributed by atoms with Crippen molar-refractivity contribution < 1.29 is 4.74 Å². The molecule has 0 aliphatic heterocycles. The van der Waals surface area contributed by atoms with E-state index in [1.165, 1.54) is 4.88 Å². The van der Waals surface area contributed by atoms with Gasteiger partial charge in [0.1, 0.15) is 0 Å². The van der Waals surface area contributed by atoms with Gasteiger partial charge in [0.15, 0.2) is 11.5 Å². The van der Waals surface area contributed by atoms with Crippen LogP contribution in [0.2, 0.25) is 0 Å². The lowest BCUT2D eigenvalue weighted by Gasteiger charge is -1.99. The highest BCUT2D eigenvalue weighted by Gasteiger charge is 2.08. The smallest absolute Gasteiger partial charge is 0.215 e. The summed E-state index contributed by atoms with van der Waals surface area (Å²) in [6, 6.07) is 7.96. The Morgan fingerprint density at radius 2 is 2.11 bits per heavy atom. The molecule has 3 aromatic rings. The number of hydrogen-bond donors (Lipinski definition) is 1. The maximum atomic E-state index is 5.37. The van der Waals surface area contributed by atoms with Crippen LogP contribution in [0.4, 0.5) is 0 Å². The number of aromatic nitrogens is 3. The molecular weight excluding hydrogens is 246 g/mol. The molecule has 0 bridgehead atoms. The highest BCUT2D eigenvalue weighted by atomic mass is 32.1. The van der Waals surface area contributed by atoms with E-state index in [9.17, 15) is 0 Å². The van der Waals surface area contributed by atoms with E-state index >= 15 is 0 Å². The Balaban J connectivity index is 2.05. The number of aryl methyl sites for hydroxylation is 1. The molecule has 0 spiro atoms. The van der Waals surface area contributed by atoms with Crippen LogP contribution in [0.25, 0.3) is 21.9 Å². The summed E-state index contributed by atoms with van der Waals surface area (Å²) in [5.74, 6) is 1.48. The zero-order valence-electron chi connectivity index (χ0n) is 10.2. The standard InChI is InChI=1S/C13H13N3OS/c1-3-17-11-7-5-9-12(15-11)16-13(14-9)10-6-4-8(2)18-10/h4-7H,3H2,1-2H3,(H,14,15,16). The highest BCUT2D eigenvalue weighted by molar-refractivity contribution is 7.15. The van der Waals surface area contributed by atoms with Crippen LogP contribution in [-0.2, 0) is 0 Å². The number of thiophene rings is 1. The Morgan fingerprint density at radius 3 is 2.83 bits per heavy atom. The summed E-state index contributed by atoms with van der Waals surface area (Å²) in [6.45, 7) is 4.64. The van der Waals surface area contributed by atoms with Crippen molar-refractivity contribution in [1.29, 1.82) is 0 Å².